The van der Waals surface area contributed by atoms with E-state index in [1.54, 1.807) is 0 Å². The van der Waals surface area contributed by atoms with Crippen molar-refractivity contribution in [1.82, 2.24) is 0 Å². The molecule has 4 N–H and O–H groups in total. The minimum Gasteiger partial charge on any atom is -0.504 e. The van der Waals surface area contributed by atoms with E-state index in [0.29, 0.717) is 12.8 Å². The third-order valence-electron chi connectivity index (χ3n) is 2.95. The Hall–Kier alpha value is -1.00. The molecule has 0 aromatic heterocycles. The summed E-state index contributed by atoms with van der Waals surface area (Å²) in [6, 6.07) is 0.988. The molecule has 2 rings (SSSR count). The molecule has 0 spiro atoms. The normalized spacial score (nSPS) is 17.8. The first-order valence-electron chi connectivity index (χ1n) is 4.62. The molecule has 1 aromatic rings. The van der Waals surface area contributed by atoms with Gasteiger partial charge in [-0.05, 0) is 12.8 Å². The van der Waals surface area contributed by atoms with E-state index in [1.165, 1.54) is 0 Å². The Morgan fingerprint density at radius 2 is 2.07 bits per heavy atom. The second-order valence-electron chi connectivity index (χ2n) is 3.90. The van der Waals surface area contributed by atoms with Gasteiger partial charge in [-0.2, -0.15) is 0 Å². The minimum atomic E-state index is -0.685. The van der Waals surface area contributed by atoms with Gasteiger partial charge in [0.1, 0.15) is 5.82 Å². The number of phenolic OH excluding ortho intramolecular Hbond substituents is 2. The highest BCUT2D eigenvalue weighted by Gasteiger charge is 2.47. The van der Waals surface area contributed by atoms with Crippen LogP contribution >= 0.6 is 11.6 Å². The zero-order chi connectivity index (χ0) is 11.2. The molecule has 5 heteroatoms. The van der Waals surface area contributed by atoms with E-state index in [4.69, 9.17) is 17.3 Å². The topological polar surface area (TPSA) is 66.5 Å². The zero-order valence-electron chi connectivity index (χ0n) is 7.93. The maximum atomic E-state index is 13.7. The monoisotopic (exact) mass is 231 g/mol. The van der Waals surface area contributed by atoms with E-state index in [2.05, 4.69) is 0 Å². The molecule has 1 aromatic carbocycles. The smallest absolute Gasteiger partial charge is 0.164 e. The van der Waals surface area contributed by atoms with Gasteiger partial charge in [0.2, 0.25) is 0 Å². The number of hydrogen-bond acceptors (Lipinski definition) is 3. The fraction of sp³-hybridized carbons (Fsp3) is 0.400. The summed E-state index contributed by atoms with van der Waals surface area (Å²) >= 11 is 5.59. The fourth-order valence-corrected chi connectivity index (χ4v) is 1.99. The van der Waals surface area contributed by atoms with Gasteiger partial charge in [0.15, 0.2) is 11.5 Å². The number of phenols is 2. The molecule has 1 fully saturated rings. The molecule has 0 radical (unpaired) electrons. The summed E-state index contributed by atoms with van der Waals surface area (Å²) < 4.78 is 13.7. The number of halogens is 2. The van der Waals surface area contributed by atoms with E-state index in [9.17, 15) is 14.6 Å². The highest BCUT2D eigenvalue weighted by molar-refractivity contribution is 6.31. The van der Waals surface area contributed by atoms with Crippen LogP contribution in [0.2, 0.25) is 5.02 Å². The first-order valence-corrected chi connectivity index (χ1v) is 5.00. The molecule has 82 valence electrons. The Kier molecular flexibility index (Phi) is 2.28. The largest absolute Gasteiger partial charge is 0.504 e. The number of rotatable bonds is 2. The van der Waals surface area contributed by atoms with Crippen LogP contribution in [0.1, 0.15) is 18.4 Å². The summed E-state index contributed by atoms with van der Waals surface area (Å²) in [5, 5.41) is 18.8. The quantitative estimate of drug-likeness (QED) is 0.681. The molecule has 0 aliphatic heterocycles. The van der Waals surface area contributed by atoms with E-state index < -0.39 is 22.7 Å². The van der Waals surface area contributed by atoms with Gasteiger partial charge in [0.25, 0.3) is 0 Å². The van der Waals surface area contributed by atoms with Crippen molar-refractivity contribution in [3.8, 4) is 11.5 Å². The summed E-state index contributed by atoms with van der Waals surface area (Å²) in [5.74, 6) is -1.54. The highest BCUT2D eigenvalue weighted by atomic mass is 35.5. The number of hydrogen-bond donors (Lipinski definition) is 3. The number of aromatic hydroxyl groups is 2. The van der Waals surface area contributed by atoms with Gasteiger partial charge in [-0.15, -0.1) is 0 Å². The lowest BCUT2D eigenvalue weighted by Crippen LogP contribution is -2.21. The van der Waals surface area contributed by atoms with Crippen molar-refractivity contribution in [3.63, 3.8) is 0 Å². The number of benzene rings is 1. The van der Waals surface area contributed by atoms with Crippen LogP contribution in [-0.4, -0.2) is 16.8 Å². The lowest BCUT2D eigenvalue weighted by Gasteiger charge is -2.17. The zero-order valence-corrected chi connectivity index (χ0v) is 8.68. The van der Waals surface area contributed by atoms with Gasteiger partial charge >= 0.3 is 0 Å². The predicted molar refractivity (Wildman–Crippen MR) is 54.7 cm³/mol. The molecule has 3 nitrogen and oxygen atoms in total. The van der Waals surface area contributed by atoms with Crippen molar-refractivity contribution in [2.45, 2.75) is 18.3 Å². The van der Waals surface area contributed by atoms with Crippen molar-refractivity contribution in [3.05, 3.63) is 22.5 Å². The summed E-state index contributed by atoms with van der Waals surface area (Å²) in [6.07, 6.45) is 1.40. The first-order chi connectivity index (χ1) is 7.02. The molecule has 1 aliphatic rings. The maximum Gasteiger partial charge on any atom is 0.164 e. The Balaban J connectivity index is 2.64. The molecule has 1 saturated carbocycles. The lowest BCUT2D eigenvalue weighted by molar-refractivity contribution is 0.387. The second kappa shape index (κ2) is 3.25. The molecular formula is C10H11ClFNO2. The maximum absolute atomic E-state index is 13.7. The average Bonchev–Trinajstić information content (AvgIpc) is 2.96. The molecule has 0 heterocycles. The molecule has 0 atom stereocenters. The van der Waals surface area contributed by atoms with Crippen LogP contribution in [0.5, 0.6) is 11.5 Å². The van der Waals surface area contributed by atoms with Gasteiger partial charge in [-0.25, -0.2) is 4.39 Å². The standard InChI is InChI=1S/C10H11ClFNO2/c11-5-3-6(14)9(15)7(8(5)12)10(4-13)1-2-10/h3,14-15H,1-2,4,13H2. The van der Waals surface area contributed by atoms with Crippen LogP contribution in [0.4, 0.5) is 4.39 Å². The molecule has 15 heavy (non-hydrogen) atoms. The Morgan fingerprint density at radius 3 is 2.53 bits per heavy atom. The summed E-state index contributed by atoms with van der Waals surface area (Å²) in [4.78, 5) is 0. The van der Waals surface area contributed by atoms with Crippen molar-refractivity contribution in [1.29, 1.82) is 0 Å². The molecule has 0 unspecified atom stereocenters. The first kappa shape index (κ1) is 10.5. The van der Waals surface area contributed by atoms with Crippen LogP contribution in [0.3, 0.4) is 0 Å². The average molecular weight is 232 g/mol. The van der Waals surface area contributed by atoms with Gasteiger partial charge < -0.3 is 15.9 Å². The van der Waals surface area contributed by atoms with Crippen LogP contribution in [0.25, 0.3) is 0 Å². The van der Waals surface area contributed by atoms with Crippen LogP contribution in [0.15, 0.2) is 6.07 Å². The third kappa shape index (κ3) is 1.44. The summed E-state index contributed by atoms with van der Waals surface area (Å²) in [5.41, 5.74) is 5.04. The minimum absolute atomic E-state index is 0.0509. The second-order valence-corrected chi connectivity index (χ2v) is 4.31. The summed E-state index contributed by atoms with van der Waals surface area (Å²) in [7, 11) is 0. The molecular weight excluding hydrogens is 221 g/mol. The Bertz CT molecular complexity index is 392. The molecule has 1 aliphatic carbocycles. The molecule has 0 saturated heterocycles. The van der Waals surface area contributed by atoms with Crippen molar-refractivity contribution in [2.75, 3.05) is 6.54 Å². The van der Waals surface area contributed by atoms with Crippen LogP contribution in [-0.2, 0) is 5.41 Å². The van der Waals surface area contributed by atoms with E-state index >= 15 is 0 Å². The van der Waals surface area contributed by atoms with Crippen molar-refractivity contribution >= 4 is 11.6 Å². The fourth-order valence-electron chi connectivity index (χ4n) is 1.79. The van der Waals surface area contributed by atoms with Crippen LogP contribution in [0, 0.1) is 5.82 Å². The van der Waals surface area contributed by atoms with Crippen molar-refractivity contribution in [2.24, 2.45) is 5.73 Å². The predicted octanol–water partition coefficient (Wildman–Crippen LogP) is 1.88. The molecule has 0 amide bonds. The highest BCUT2D eigenvalue weighted by Crippen LogP contribution is 2.54. The Morgan fingerprint density at radius 1 is 1.47 bits per heavy atom. The lowest BCUT2D eigenvalue weighted by atomic mass is 9.94. The van der Waals surface area contributed by atoms with E-state index in [-0.39, 0.29) is 17.1 Å². The number of nitrogens with two attached hydrogens (primary N) is 1. The van der Waals surface area contributed by atoms with E-state index in [1.807, 2.05) is 0 Å². The SMILES string of the molecule is NCC1(c2c(O)c(O)cc(Cl)c2F)CC1. The summed E-state index contributed by atoms with van der Waals surface area (Å²) in [6.45, 7) is 0.233. The Labute approximate surface area is 91.3 Å². The van der Waals surface area contributed by atoms with Gasteiger partial charge in [0.05, 0.1) is 5.02 Å². The van der Waals surface area contributed by atoms with Gasteiger partial charge in [-0.1, -0.05) is 11.6 Å². The van der Waals surface area contributed by atoms with Crippen molar-refractivity contribution < 1.29 is 14.6 Å². The van der Waals surface area contributed by atoms with E-state index in [0.717, 1.165) is 6.07 Å². The van der Waals surface area contributed by atoms with Gasteiger partial charge in [0, 0.05) is 23.6 Å². The molecule has 0 bridgehead atoms. The van der Waals surface area contributed by atoms with Crippen LogP contribution < -0.4 is 5.73 Å². The van der Waals surface area contributed by atoms with Gasteiger partial charge in [-0.3, -0.25) is 0 Å². The third-order valence-corrected chi connectivity index (χ3v) is 3.22.